The Labute approximate surface area is 211 Å². The second kappa shape index (κ2) is 15.4. The minimum atomic E-state index is -0.0365. The Morgan fingerprint density at radius 1 is 1.25 bits per heavy atom. The third kappa shape index (κ3) is 10.5. The van der Waals surface area contributed by atoms with E-state index >= 15 is 0 Å². The fraction of sp³-hybridized carbons (Fsp3) is 0.667. The van der Waals surface area contributed by atoms with E-state index in [1.54, 1.807) is 0 Å². The summed E-state index contributed by atoms with van der Waals surface area (Å²) >= 11 is 0. The molecule has 0 radical (unpaired) electrons. The van der Waals surface area contributed by atoms with Crippen LogP contribution in [0.15, 0.2) is 29.3 Å². The fourth-order valence-corrected chi connectivity index (χ4v) is 3.53. The number of morpholine rings is 1. The molecule has 2 atom stereocenters. The summed E-state index contributed by atoms with van der Waals surface area (Å²) in [7, 11) is 0. The summed E-state index contributed by atoms with van der Waals surface area (Å²) in [5, 5.41) is 9.72. The monoisotopic (exact) mass is 559 g/mol. The standard InChI is InChI=1S/C24H41N5O2.HI/c1-6-19(5)28-23(30)21-10-8-9-20(13-21)14-26-24(25-7-2)27-15-22-17-29(11-12-31-22)16-18(3)4;/h8-10,13,18-19,22H,6-7,11-12,14-17H2,1-5H3,(H,28,30)(H2,25,26,27);1H. The van der Waals surface area contributed by atoms with Crippen LogP contribution < -0.4 is 16.0 Å². The Kier molecular flexibility index (Phi) is 13.8. The predicted octanol–water partition coefficient (Wildman–Crippen LogP) is 3.24. The molecule has 1 saturated heterocycles. The van der Waals surface area contributed by atoms with E-state index in [2.05, 4.69) is 48.5 Å². The van der Waals surface area contributed by atoms with Crippen molar-refractivity contribution in [2.24, 2.45) is 10.9 Å². The van der Waals surface area contributed by atoms with Crippen LogP contribution in [0.3, 0.4) is 0 Å². The lowest BCUT2D eigenvalue weighted by molar-refractivity contribution is -0.0284. The van der Waals surface area contributed by atoms with E-state index < -0.39 is 0 Å². The van der Waals surface area contributed by atoms with E-state index in [1.165, 1.54) is 0 Å². The number of aliphatic imine (C=N–C) groups is 1. The Balaban J connectivity index is 0.00000512. The molecule has 7 nitrogen and oxygen atoms in total. The molecule has 0 aromatic heterocycles. The molecule has 0 aliphatic carbocycles. The molecule has 0 spiro atoms. The Morgan fingerprint density at radius 2 is 2.03 bits per heavy atom. The van der Waals surface area contributed by atoms with Crippen LogP contribution in [0.1, 0.15) is 57.0 Å². The lowest BCUT2D eigenvalue weighted by Crippen LogP contribution is -2.50. The molecule has 1 aromatic rings. The van der Waals surface area contributed by atoms with Gasteiger partial charge in [0.1, 0.15) is 0 Å². The van der Waals surface area contributed by atoms with Crippen LogP contribution in [0.25, 0.3) is 0 Å². The van der Waals surface area contributed by atoms with Crippen molar-refractivity contribution in [2.75, 3.05) is 39.3 Å². The number of hydrogen-bond acceptors (Lipinski definition) is 4. The zero-order valence-electron chi connectivity index (χ0n) is 20.3. The largest absolute Gasteiger partial charge is 0.374 e. The first-order valence-electron chi connectivity index (χ1n) is 11.7. The molecule has 1 amide bonds. The van der Waals surface area contributed by atoms with Gasteiger partial charge in [0.15, 0.2) is 5.96 Å². The molecular formula is C24H42IN5O2. The fourth-order valence-electron chi connectivity index (χ4n) is 3.53. The number of guanidine groups is 1. The zero-order valence-corrected chi connectivity index (χ0v) is 22.6. The van der Waals surface area contributed by atoms with Crippen LogP contribution in [-0.4, -0.2) is 68.2 Å². The van der Waals surface area contributed by atoms with Crippen LogP contribution in [0.2, 0.25) is 0 Å². The van der Waals surface area contributed by atoms with Gasteiger partial charge in [-0.15, -0.1) is 24.0 Å². The molecule has 32 heavy (non-hydrogen) atoms. The van der Waals surface area contributed by atoms with Crippen molar-refractivity contribution in [1.29, 1.82) is 0 Å². The zero-order chi connectivity index (χ0) is 22.6. The van der Waals surface area contributed by atoms with Gasteiger partial charge in [-0.05, 0) is 43.9 Å². The number of nitrogens with zero attached hydrogens (tertiary/aromatic N) is 2. The molecule has 2 unspecified atom stereocenters. The number of rotatable bonds is 10. The molecule has 2 rings (SSSR count). The summed E-state index contributed by atoms with van der Waals surface area (Å²) in [4.78, 5) is 19.6. The van der Waals surface area contributed by atoms with E-state index in [-0.39, 0.29) is 42.0 Å². The van der Waals surface area contributed by atoms with Gasteiger partial charge in [-0.25, -0.2) is 4.99 Å². The molecule has 8 heteroatoms. The minimum Gasteiger partial charge on any atom is -0.374 e. The summed E-state index contributed by atoms with van der Waals surface area (Å²) in [6, 6.07) is 7.84. The molecule has 1 fully saturated rings. The van der Waals surface area contributed by atoms with Crippen LogP contribution in [0.4, 0.5) is 0 Å². The van der Waals surface area contributed by atoms with Gasteiger partial charge in [0.05, 0.1) is 19.3 Å². The van der Waals surface area contributed by atoms with Gasteiger partial charge >= 0.3 is 0 Å². The Morgan fingerprint density at radius 3 is 2.72 bits per heavy atom. The molecular weight excluding hydrogens is 517 g/mol. The first kappa shape index (κ1) is 28.6. The second-order valence-electron chi connectivity index (χ2n) is 8.71. The lowest BCUT2D eigenvalue weighted by Gasteiger charge is -2.34. The van der Waals surface area contributed by atoms with E-state index in [9.17, 15) is 4.79 Å². The van der Waals surface area contributed by atoms with Crippen molar-refractivity contribution < 1.29 is 9.53 Å². The van der Waals surface area contributed by atoms with Crippen molar-refractivity contribution in [3.8, 4) is 0 Å². The maximum Gasteiger partial charge on any atom is 0.251 e. The number of hydrogen-bond donors (Lipinski definition) is 3. The number of nitrogens with one attached hydrogen (secondary N) is 3. The van der Waals surface area contributed by atoms with Crippen LogP contribution in [0.5, 0.6) is 0 Å². The summed E-state index contributed by atoms with van der Waals surface area (Å²) in [6.45, 7) is 16.5. The van der Waals surface area contributed by atoms with Crippen LogP contribution in [-0.2, 0) is 11.3 Å². The Bertz CT molecular complexity index is 713. The van der Waals surface area contributed by atoms with Crippen molar-refractivity contribution in [3.63, 3.8) is 0 Å². The van der Waals surface area contributed by atoms with Crippen molar-refractivity contribution >= 4 is 35.8 Å². The smallest absolute Gasteiger partial charge is 0.251 e. The predicted molar refractivity (Wildman–Crippen MR) is 143 cm³/mol. The van der Waals surface area contributed by atoms with Crippen LogP contribution in [0, 0.1) is 5.92 Å². The van der Waals surface area contributed by atoms with E-state index in [0.717, 1.165) is 57.3 Å². The van der Waals surface area contributed by atoms with Crippen LogP contribution >= 0.6 is 24.0 Å². The van der Waals surface area contributed by atoms with Gasteiger partial charge in [0.2, 0.25) is 0 Å². The number of carbonyl (C=O) groups is 1. The average Bonchev–Trinajstić information content (AvgIpc) is 2.75. The molecule has 1 aromatic carbocycles. The quantitative estimate of drug-likeness (QED) is 0.233. The second-order valence-corrected chi connectivity index (χ2v) is 8.71. The van der Waals surface area contributed by atoms with Gasteiger partial charge in [-0.3, -0.25) is 9.69 Å². The Hall–Kier alpha value is -1.39. The molecule has 0 bridgehead atoms. The van der Waals surface area contributed by atoms with Gasteiger partial charge in [0.25, 0.3) is 5.91 Å². The summed E-state index contributed by atoms with van der Waals surface area (Å²) in [5.41, 5.74) is 1.68. The molecule has 0 saturated carbocycles. The minimum absolute atomic E-state index is 0. The first-order chi connectivity index (χ1) is 14.9. The molecule has 1 aliphatic rings. The van der Waals surface area contributed by atoms with Gasteiger partial charge in [-0.2, -0.15) is 0 Å². The summed E-state index contributed by atoms with van der Waals surface area (Å²) < 4.78 is 5.93. The van der Waals surface area contributed by atoms with Crippen molar-refractivity contribution in [1.82, 2.24) is 20.9 Å². The summed E-state index contributed by atoms with van der Waals surface area (Å²) in [5.74, 6) is 1.39. The molecule has 3 N–H and O–H groups in total. The highest BCUT2D eigenvalue weighted by Crippen LogP contribution is 2.09. The number of halogens is 1. The van der Waals surface area contributed by atoms with E-state index in [1.807, 2.05) is 31.2 Å². The topological polar surface area (TPSA) is 78.0 Å². The first-order valence-corrected chi connectivity index (χ1v) is 11.7. The maximum absolute atomic E-state index is 12.4. The summed E-state index contributed by atoms with van der Waals surface area (Å²) in [6.07, 6.45) is 1.07. The number of ether oxygens (including phenoxy) is 1. The number of benzene rings is 1. The third-order valence-corrected chi connectivity index (χ3v) is 5.29. The normalized spacial score (nSPS) is 18.1. The number of amides is 1. The average molecular weight is 560 g/mol. The van der Waals surface area contributed by atoms with Crippen molar-refractivity contribution in [2.45, 2.75) is 59.7 Å². The van der Waals surface area contributed by atoms with Gasteiger partial charge < -0.3 is 20.7 Å². The van der Waals surface area contributed by atoms with E-state index in [4.69, 9.17) is 9.73 Å². The number of carbonyl (C=O) groups excluding carboxylic acids is 1. The third-order valence-electron chi connectivity index (χ3n) is 5.29. The highest BCUT2D eigenvalue weighted by atomic mass is 127. The van der Waals surface area contributed by atoms with Crippen molar-refractivity contribution in [3.05, 3.63) is 35.4 Å². The molecule has 1 aliphatic heterocycles. The highest BCUT2D eigenvalue weighted by molar-refractivity contribution is 14.0. The van der Waals surface area contributed by atoms with E-state index in [0.29, 0.717) is 18.0 Å². The highest BCUT2D eigenvalue weighted by Gasteiger charge is 2.21. The van der Waals surface area contributed by atoms with Gasteiger partial charge in [0, 0.05) is 44.3 Å². The SMILES string of the molecule is CCNC(=NCc1cccc(C(=O)NC(C)CC)c1)NCC1CN(CC(C)C)CCO1.I. The lowest BCUT2D eigenvalue weighted by atomic mass is 10.1. The molecule has 1 heterocycles. The molecule has 182 valence electrons. The maximum atomic E-state index is 12.4. The van der Waals surface area contributed by atoms with Gasteiger partial charge in [-0.1, -0.05) is 32.9 Å².